The Bertz CT molecular complexity index is 589. The van der Waals surface area contributed by atoms with Gasteiger partial charge in [0.15, 0.2) is 11.5 Å². The number of nitrogens with zero attached hydrogens (tertiary/aromatic N) is 1. The lowest BCUT2D eigenvalue weighted by molar-refractivity contribution is 0.310. The molecule has 3 atom stereocenters. The maximum Gasteiger partial charge on any atom is 0.195 e. The fourth-order valence-electron chi connectivity index (χ4n) is 3.93. The zero-order valence-electron chi connectivity index (χ0n) is 10.4. The molecule has 2 aliphatic rings. The van der Waals surface area contributed by atoms with Gasteiger partial charge in [-0.1, -0.05) is 6.42 Å². The van der Waals surface area contributed by atoms with E-state index in [1.165, 1.54) is 25.7 Å². The van der Waals surface area contributed by atoms with E-state index in [2.05, 4.69) is 4.98 Å². The molecule has 1 aromatic carbocycles. The number of fused-ring (bicyclic) bond motifs is 3. The fourth-order valence-corrected chi connectivity index (χ4v) is 3.93. The van der Waals surface area contributed by atoms with E-state index in [0.717, 1.165) is 46.9 Å². The fraction of sp³-hybridized carbons (Fsp3) is 0.533. The number of nitrogen functional groups attached to an aromatic ring is 1. The number of hydrogen-bond donors (Lipinski definition) is 1. The van der Waals surface area contributed by atoms with Gasteiger partial charge in [-0.15, -0.1) is 0 Å². The summed E-state index contributed by atoms with van der Waals surface area (Å²) in [6.07, 6.45) is 6.70. The van der Waals surface area contributed by atoms with Gasteiger partial charge >= 0.3 is 0 Å². The van der Waals surface area contributed by atoms with Crippen LogP contribution in [-0.4, -0.2) is 4.98 Å². The van der Waals surface area contributed by atoms with Gasteiger partial charge in [-0.2, -0.15) is 0 Å². The first-order valence-electron chi connectivity index (χ1n) is 6.93. The Hall–Kier alpha value is -1.51. The van der Waals surface area contributed by atoms with Crippen molar-refractivity contribution in [3.63, 3.8) is 0 Å². The monoisotopic (exact) mass is 242 g/mol. The predicted molar refractivity (Wildman–Crippen MR) is 71.1 cm³/mol. The molecule has 18 heavy (non-hydrogen) atoms. The molecule has 2 aliphatic carbocycles. The van der Waals surface area contributed by atoms with Crippen LogP contribution in [-0.2, 0) is 6.42 Å². The molecular weight excluding hydrogens is 224 g/mol. The van der Waals surface area contributed by atoms with Crippen LogP contribution in [0.15, 0.2) is 22.6 Å². The summed E-state index contributed by atoms with van der Waals surface area (Å²) in [4.78, 5) is 4.58. The third kappa shape index (κ3) is 1.61. The minimum Gasteiger partial charge on any atom is -0.441 e. The van der Waals surface area contributed by atoms with Crippen LogP contribution in [0, 0.1) is 17.8 Å². The van der Waals surface area contributed by atoms with E-state index in [0.29, 0.717) is 0 Å². The number of aromatic nitrogens is 1. The maximum absolute atomic E-state index is 5.83. The van der Waals surface area contributed by atoms with Crippen LogP contribution < -0.4 is 5.73 Å². The highest BCUT2D eigenvalue weighted by Gasteiger charge is 2.39. The van der Waals surface area contributed by atoms with E-state index in [4.69, 9.17) is 10.2 Å². The number of benzene rings is 1. The van der Waals surface area contributed by atoms with Crippen LogP contribution in [0.5, 0.6) is 0 Å². The van der Waals surface area contributed by atoms with E-state index in [1.54, 1.807) is 0 Å². The SMILES string of the molecule is Nc1ccc2nc(CC3CC4CCC3C4)oc2c1. The van der Waals surface area contributed by atoms with E-state index >= 15 is 0 Å². The van der Waals surface area contributed by atoms with Crippen molar-refractivity contribution >= 4 is 16.8 Å². The van der Waals surface area contributed by atoms with Gasteiger partial charge in [0.05, 0.1) is 0 Å². The molecule has 0 radical (unpaired) electrons. The summed E-state index contributed by atoms with van der Waals surface area (Å²) >= 11 is 0. The van der Waals surface area contributed by atoms with Gasteiger partial charge in [0, 0.05) is 18.2 Å². The van der Waals surface area contributed by atoms with Crippen LogP contribution in [0.3, 0.4) is 0 Å². The Labute approximate surface area is 106 Å². The molecule has 2 aromatic rings. The Morgan fingerprint density at radius 1 is 1.28 bits per heavy atom. The number of nitrogens with two attached hydrogens (primary N) is 1. The summed E-state index contributed by atoms with van der Waals surface area (Å²) < 4.78 is 5.83. The lowest BCUT2D eigenvalue weighted by Crippen LogP contribution is -2.13. The summed E-state index contributed by atoms with van der Waals surface area (Å²) in [6.45, 7) is 0. The van der Waals surface area contributed by atoms with Crippen molar-refractivity contribution in [1.29, 1.82) is 0 Å². The predicted octanol–water partition coefficient (Wildman–Crippen LogP) is 3.39. The highest BCUT2D eigenvalue weighted by atomic mass is 16.3. The summed E-state index contributed by atoms with van der Waals surface area (Å²) in [6, 6.07) is 5.69. The molecule has 2 saturated carbocycles. The lowest BCUT2D eigenvalue weighted by Gasteiger charge is -2.19. The first-order valence-corrected chi connectivity index (χ1v) is 6.93. The molecule has 2 fully saturated rings. The highest BCUT2D eigenvalue weighted by molar-refractivity contribution is 5.76. The normalized spacial score (nSPS) is 30.3. The van der Waals surface area contributed by atoms with Crippen LogP contribution in [0.25, 0.3) is 11.1 Å². The largest absolute Gasteiger partial charge is 0.441 e. The third-order valence-corrected chi connectivity index (χ3v) is 4.78. The molecule has 2 N–H and O–H groups in total. The molecule has 0 saturated heterocycles. The van der Waals surface area contributed by atoms with E-state index < -0.39 is 0 Å². The molecule has 94 valence electrons. The van der Waals surface area contributed by atoms with Gasteiger partial charge in [-0.05, 0) is 49.1 Å². The van der Waals surface area contributed by atoms with Gasteiger partial charge in [0.2, 0.25) is 0 Å². The topological polar surface area (TPSA) is 52.0 Å². The smallest absolute Gasteiger partial charge is 0.195 e. The molecule has 0 spiro atoms. The molecular formula is C15H18N2O. The first-order chi connectivity index (χ1) is 8.78. The van der Waals surface area contributed by atoms with Crippen LogP contribution in [0.1, 0.15) is 31.6 Å². The minimum atomic E-state index is 0.741. The van der Waals surface area contributed by atoms with Crippen molar-refractivity contribution < 1.29 is 4.42 Å². The molecule has 0 amide bonds. The average molecular weight is 242 g/mol. The van der Waals surface area contributed by atoms with Crippen molar-refractivity contribution in [2.24, 2.45) is 17.8 Å². The van der Waals surface area contributed by atoms with Crippen molar-refractivity contribution in [2.45, 2.75) is 32.1 Å². The molecule has 3 unspecified atom stereocenters. The zero-order chi connectivity index (χ0) is 12.1. The van der Waals surface area contributed by atoms with Gasteiger partial charge in [0.1, 0.15) is 5.52 Å². The number of hydrogen-bond acceptors (Lipinski definition) is 3. The standard InChI is InChI=1S/C15H18N2O/c16-12-3-4-13-14(8-12)18-15(17-13)7-11-6-9-1-2-10(11)5-9/h3-4,8-11H,1-2,5-7,16H2. The zero-order valence-corrected chi connectivity index (χ0v) is 10.4. The molecule has 4 rings (SSSR count). The van der Waals surface area contributed by atoms with E-state index in [1.807, 2.05) is 18.2 Å². The van der Waals surface area contributed by atoms with E-state index in [-0.39, 0.29) is 0 Å². The minimum absolute atomic E-state index is 0.741. The molecule has 2 bridgehead atoms. The molecule has 1 aromatic heterocycles. The lowest BCUT2D eigenvalue weighted by atomic mass is 9.86. The van der Waals surface area contributed by atoms with Crippen LogP contribution in [0.4, 0.5) is 5.69 Å². The van der Waals surface area contributed by atoms with E-state index in [9.17, 15) is 0 Å². The number of rotatable bonds is 2. The Morgan fingerprint density at radius 3 is 3.00 bits per heavy atom. The van der Waals surface area contributed by atoms with Crippen molar-refractivity contribution in [2.75, 3.05) is 5.73 Å². The summed E-state index contributed by atoms with van der Waals surface area (Å²) in [5, 5.41) is 0. The van der Waals surface area contributed by atoms with Gasteiger partial charge in [-0.25, -0.2) is 4.98 Å². The van der Waals surface area contributed by atoms with Crippen LogP contribution in [0.2, 0.25) is 0 Å². The summed E-state index contributed by atoms with van der Waals surface area (Å²) in [7, 11) is 0. The number of anilines is 1. The molecule has 1 heterocycles. The second-order valence-corrected chi connectivity index (χ2v) is 5.97. The highest BCUT2D eigenvalue weighted by Crippen LogP contribution is 2.49. The van der Waals surface area contributed by atoms with Gasteiger partial charge in [0.25, 0.3) is 0 Å². The number of oxazole rings is 1. The Balaban J connectivity index is 1.59. The Morgan fingerprint density at radius 2 is 2.22 bits per heavy atom. The van der Waals surface area contributed by atoms with Crippen LogP contribution >= 0.6 is 0 Å². The third-order valence-electron chi connectivity index (χ3n) is 4.78. The van der Waals surface area contributed by atoms with Crippen molar-refractivity contribution in [1.82, 2.24) is 4.98 Å². The van der Waals surface area contributed by atoms with Crippen molar-refractivity contribution in [3.8, 4) is 0 Å². The Kier molecular flexibility index (Phi) is 2.16. The second kappa shape index (κ2) is 3.74. The van der Waals surface area contributed by atoms with Gasteiger partial charge < -0.3 is 10.2 Å². The second-order valence-electron chi connectivity index (χ2n) is 5.97. The first kappa shape index (κ1) is 10.4. The van der Waals surface area contributed by atoms with Gasteiger partial charge in [-0.3, -0.25) is 0 Å². The molecule has 3 nitrogen and oxygen atoms in total. The molecule has 0 aliphatic heterocycles. The maximum atomic E-state index is 5.83. The van der Waals surface area contributed by atoms with Crippen molar-refractivity contribution in [3.05, 3.63) is 24.1 Å². The average Bonchev–Trinajstić information content (AvgIpc) is 3.02. The quantitative estimate of drug-likeness (QED) is 0.821. The summed E-state index contributed by atoms with van der Waals surface area (Å²) in [5.74, 6) is 3.61. The molecule has 3 heteroatoms. The summed E-state index contributed by atoms with van der Waals surface area (Å²) in [5.41, 5.74) is 8.26.